The third kappa shape index (κ3) is 4.85. The van der Waals surface area contributed by atoms with Crippen molar-refractivity contribution in [1.29, 1.82) is 0 Å². The number of fused-ring (bicyclic) bond motifs is 1. The molecule has 1 unspecified atom stereocenters. The molecule has 0 aromatic heterocycles. The molecular formula is C21H23NO5S. The molecule has 1 atom stereocenters. The van der Waals surface area contributed by atoms with E-state index in [9.17, 15) is 9.59 Å². The van der Waals surface area contributed by atoms with Crippen molar-refractivity contribution < 1.29 is 23.2 Å². The second-order valence-electron chi connectivity index (χ2n) is 6.51. The molecule has 0 saturated carbocycles. The zero-order valence-electron chi connectivity index (χ0n) is 16.1. The lowest BCUT2D eigenvalue weighted by atomic mass is 9.87. The fourth-order valence-electron chi connectivity index (χ4n) is 3.36. The molecule has 6 nitrogen and oxygen atoms in total. The van der Waals surface area contributed by atoms with Crippen molar-refractivity contribution in [3.05, 3.63) is 53.1 Å². The summed E-state index contributed by atoms with van der Waals surface area (Å²) in [7, 11) is 0. The number of esters is 2. The molecule has 0 fully saturated rings. The summed E-state index contributed by atoms with van der Waals surface area (Å²) in [5.74, 6) is 0.475. The van der Waals surface area contributed by atoms with Crippen LogP contribution >= 0.6 is 12.0 Å². The Morgan fingerprint density at radius 1 is 1.04 bits per heavy atom. The molecule has 1 aliphatic heterocycles. The van der Waals surface area contributed by atoms with Gasteiger partial charge in [-0.15, -0.1) is 0 Å². The van der Waals surface area contributed by atoms with Gasteiger partial charge in [0.2, 0.25) is 0 Å². The molecule has 1 heterocycles. The number of hydrogen-bond acceptors (Lipinski definition) is 7. The van der Waals surface area contributed by atoms with Gasteiger partial charge in [0, 0.05) is 32.6 Å². The number of ether oxygens (including phenoxy) is 2. The molecule has 0 aliphatic carbocycles. The quantitative estimate of drug-likeness (QED) is 0.467. The van der Waals surface area contributed by atoms with Crippen LogP contribution in [0.15, 0.2) is 36.4 Å². The standard InChI is InChI=1S/C21H23NO5S/c1-13(23)25-20-10-16-8-9-22-12-19(18(16)11-21(20)26-14(2)24)15-4-6-17(7-5-15)27-28-3/h4-7,10-11,19,22H,8-9,12H2,1-3H3. The minimum absolute atomic E-state index is 0.0708. The normalized spacial score (nSPS) is 15.9. The van der Waals surface area contributed by atoms with Crippen LogP contribution in [0.2, 0.25) is 0 Å². The van der Waals surface area contributed by atoms with E-state index in [4.69, 9.17) is 13.7 Å². The van der Waals surface area contributed by atoms with Gasteiger partial charge in [-0.1, -0.05) is 12.1 Å². The predicted molar refractivity (Wildman–Crippen MR) is 108 cm³/mol. The van der Waals surface area contributed by atoms with Gasteiger partial charge in [0.1, 0.15) is 5.75 Å². The summed E-state index contributed by atoms with van der Waals surface area (Å²) in [6.07, 6.45) is 2.66. The van der Waals surface area contributed by atoms with Crippen molar-refractivity contribution in [2.75, 3.05) is 19.3 Å². The van der Waals surface area contributed by atoms with Crippen molar-refractivity contribution in [3.63, 3.8) is 0 Å². The van der Waals surface area contributed by atoms with Gasteiger partial charge in [-0.2, -0.15) is 0 Å². The van der Waals surface area contributed by atoms with E-state index in [1.54, 1.807) is 6.07 Å². The minimum Gasteiger partial charge on any atom is -0.426 e. The molecule has 0 saturated heterocycles. The molecule has 148 valence electrons. The number of carbonyl (C=O) groups is 2. The van der Waals surface area contributed by atoms with E-state index in [-0.39, 0.29) is 17.4 Å². The van der Waals surface area contributed by atoms with Crippen LogP contribution < -0.4 is 19.0 Å². The van der Waals surface area contributed by atoms with E-state index in [0.29, 0.717) is 0 Å². The van der Waals surface area contributed by atoms with Gasteiger partial charge in [0.15, 0.2) is 11.5 Å². The molecule has 1 aliphatic rings. The topological polar surface area (TPSA) is 73.9 Å². The Morgan fingerprint density at radius 2 is 1.68 bits per heavy atom. The molecule has 0 bridgehead atoms. The number of carbonyl (C=O) groups excluding carboxylic acids is 2. The first-order valence-corrected chi connectivity index (χ1v) is 10.2. The molecular weight excluding hydrogens is 378 g/mol. The number of benzene rings is 2. The van der Waals surface area contributed by atoms with E-state index < -0.39 is 11.9 Å². The molecule has 28 heavy (non-hydrogen) atoms. The van der Waals surface area contributed by atoms with Crippen LogP contribution in [-0.4, -0.2) is 31.3 Å². The molecule has 7 heteroatoms. The first kappa shape index (κ1) is 20.2. The number of rotatable bonds is 5. The van der Waals surface area contributed by atoms with Gasteiger partial charge in [-0.05, 0) is 53.9 Å². The Morgan fingerprint density at radius 3 is 2.29 bits per heavy atom. The lowest BCUT2D eigenvalue weighted by molar-refractivity contribution is -0.134. The van der Waals surface area contributed by atoms with E-state index >= 15 is 0 Å². The highest BCUT2D eigenvalue weighted by molar-refractivity contribution is 7.94. The van der Waals surface area contributed by atoms with Crippen LogP contribution in [-0.2, 0) is 16.0 Å². The molecule has 0 spiro atoms. The van der Waals surface area contributed by atoms with E-state index in [0.717, 1.165) is 42.0 Å². The molecule has 1 N–H and O–H groups in total. The van der Waals surface area contributed by atoms with Crippen LogP contribution in [0, 0.1) is 0 Å². The molecule has 0 amide bonds. The maximum atomic E-state index is 11.5. The fraction of sp³-hybridized carbons (Fsp3) is 0.333. The minimum atomic E-state index is -0.463. The monoisotopic (exact) mass is 401 g/mol. The third-order valence-electron chi connectivity index (χ3n) is 4.47. The molecule has 2 aromatic rings. The Kier molecular flexibility index (Phi) is 6.59. The van der Waals surface area contributed by atoms with Crippen LogP contribution in [0.4, 0.5) is 0 Å². The van der Waals surface area contributed by atoms with Crippen molar-refractivity contribution in [3.8, 4) is 17.2 Å². The van der Waals surface area contributed by atoms with E-state index in [1.807, 2.05) is 36.6 Å². The average Bonchev–Trinajstić information content (AvgIpc) is 2.84. The van der Waals surface area contributed by atoms with Gasteiger partial charge >= 0.3 is 11.9 Å². The molecule has 2 aromatic carbocycles. The highest BCUT2D eigenvalue weighted by Gasteiger charge is 2.24. The van der Waals surface area contributed by atoms with Gasteiger partial charge in [-0.3, -0.25) is 9.59 Å². The summed E-state index contributed by atoms with van der Waals surface area (Å²) in [5, 5.41) is 3.45. The Bertz CT molecular complexity index is 866. The first-order valence-electron chi connectivity index (χ1n) is 9.03. The summed E-state index contributed by atoms with van der Waals surface area (Å²) in [6.45, 7) is 4.21. The first-order chi connectivity index (χ1) is 13.5. The summed E-state index contributed by atoms with van der Waals surface area (Å²) in [5.41, 5.74) is 3.24. The fourth-order valence-corrected chi connectivity index (χ4v) is 3.66. The van der Waals surface area contributed by atoms with Crippen LogP contribution in [0.1, 0.15) is 36.5 Å². The van der Waals surface area contributed by atoms with Crippen LogP contribution in [0.25, 0.3) is 0 Å². The number of nitrogens with one attached hydrogen (secondary N) is 1. The smallest absolute Gasteiger partial charge is 0.308 e. The SMILES string of the molecule is CSOc1ccc(C2CNCCc3cc(OC(C)=O)c(OC(C)=O)cc32)cc1. The maximum Gasteiger partial charge on any atom is 0.308 e. The Balaban J connectivity index is 2.04. The third-order valence-corrected chi connectivity index (χ3v) is 4.83. The number of hydrogen-bond donors (Lipinski definition) is 1. The maximum absolute atomic E-state index is 11.5. The van der Waals surface area contributed by atoms with Crippen molar-refractivity contribution in [2.24, 2.45) is 0 Å². The van der Waals surface area contributed by atoms with Gasteiger partial charge < -0.3 is 19.0 Å². The predicted octanol–water partition coefficient (Wildman–Crippen LogP) is 3.47. The zero-order valence-corrected chi connectivity index (χ0v) is 16.9. The van der Waals surface area contributed by atoms with Crippen LogP contribution in [0.3, 0.4) is 0 Å². The zero-order chi connectivity index (χ0) is 20.1. The summed E-state index contributed by atoms with van der Waals surface area (Å²) in [4.78, 5) is 23.0. The Labute approximate surface area is 168 Å². The Hall–Kier alpha value is -2.51. The summed E-state index contributed by atoms with van der Waals surface area (Å²) < 4.78 is 16.1. The lowest BCUT2D eigenvalue weighted by Crippen LogP contribution is -2.20. The summed E-state index contributed by atoms with van der Waals surface area (Å²) in [6, 6.07) is 11.6. The highest BCUT2D eigenvalue weighted by atomic mass is 32.2. The van der Waals surface area contributed by atoms with Crippen molar-refractivity contribution in [2.45, 2.75) is 26.2 Å². The van der Waals surface area contributed by atoms with Gasteiger partial charge in [0.25, 0.3) is 0 Å². The summed E-state index contributed by atoms with van der Waals surface area (Å²) >= 11 is 1.30. The van der Waals surface area contributed by atoms with Crippen molar-refractivity contribution in [1.82, 2.24) is 5.32 Å². The molecule has 0 radical (unpaired) electrons. The second-order valence-corrected chi connectivity index (χ2v) is 7.01. The van der Waals surface area contributed by atoms with Crippen molar-refractivity contribution >= 4 is 24.0 Å². The highest BCUT2D eigenvalue weighted by Crippen LogP contribution is 2.38. The van der Waals surface area contributed by atoms with Crippen LogP contribution in [0.5, 0.6) is 17.2 Å². The molecule has 3 rings (SSSR count). The van der Waals surface area contributed by atoms with Gasteiger partial charge in [0.05, 0.1) is 12.0 Å². The lowest BCUT2D eigenvalue weighted by Gasteiger charge is -2.20. The second kappa shape index (κ2) is 9.12. The largest absolute Gasteiger partial charge is 0.426 e. The van der Waals surface area contributed by atoms with Gasteiger partial charge in [-0.25, -0.2) is 0 Å². The van der Waals surface area contributed by atoms with E-state index in [2.05, 4.69) is 5.32 Å². The average molecular weight is 401 g/mol. The van der Waals surface area contributed by atoms with E-state index in [1.165, 1.54) is 25.9 Å².